The zero-order valence-electron chi connectivity index (χ0n) is 9.57. The van der Waals surface area contributed by atoms with E-state index in [2.05, 4.69) is 15.0 Å². The van der Waals surface area contributed by atoms with Gasteiger partial charge in [-0.25, -0.2) is 0 Å². The molecule has 0 unspecified atom stereocenters. The number of nitrogens with one attached hydrogen (secondary N) is 2. The second-order valence-electron chi connectivity index (χ2n) is 3.50. The first-order valence-electron chi connectivity index (χ1n) is 5.07. The molecular formula is C9H16Cl2N4O2S. The van der Waals surface area contributed by atoms with E-state index in [1.54, 1.807) is 18.3 Å². The Morgan fingerprint density at radius 2 is 1.94 bits per heavy atom. The Morgan fingerprint density at radius 1 is 1.28 bits per heavy atom. The van der Waals surface area contributed by atoms with Gasteiger partial charge in [0.25, 0.3) is 0 Å². The first kappa shape index (κ1) is 17.4. The number of hydrogen-bond donors (Lipinski definition) is 2. The zero-order chi connectivity index (χ0) is 11.4. The third-order valence-electron chi connectivity index (χ3n) is 2.32. The van der Waals surface area contributed by atoms with Gasteiger partial charge in [0.1, 0.15) is 0 Å². The van der Waals surface area contributed by atoms with Crippen molar-refractivity contribution in [3.8, 4) is 0 Å². The number of rotatable bonds is 3. The average molecular weight is 315 g/mol. The van der Waals surface area contributed by atoms with E-state index in [0.717, 1.165) is 0 Å². The van der Waals surface area contributed by atoms with Crippen molar-refractivity contribution in [3.05, 3.63) is 24.5 Å². The fourth-order valence-electron chi connectivity index (χ4n) is 1.52. The second-order valence-corrected chi connectivity index (χ2v) is 5.17. The summed E-state index contributed by atoms with van der Waals surface area (Å²) < 4.78 is 27.8. The fraction of sp³-hybridized carbons (Fsp3) is 0.444. The number of hydrogen-bond acceptors (Lipinski definition) is 4. The summed E-state index contributed by atoms with van der Waals surface area (Å²) in [7, 11) is -3.43. The van der Waals surface area contributed by atoms with Gasteiger partial charge in [-0.1, -0.05) is 0 Å². The molecule has 1 aromatic heterocycles. The molecule has 0 radical (unpaired) electrons. The fourth-order valence-corrected chi connectivity index (χ4v) is 2.73. The Morgan fingerprint density at radius 3 is 2.50 bits per heavy atom. The van der Waals surface area contributed by atoms with Gasteiger partial charge in [0.15, 0.2) is 0 Å². The lowest BCUT2D eigenvalue weighted by Gasteiger charge is -2.26. The van der Waals surface area contributed by atoms with E-state index in [4.69, 9.17) is 0 Å². The van der Waals surface area contributed by atoms with Gasteiger partial charge in [0.2, 0.25) is 0 Å². The van der Waals surface area contributed by atoms with Crippen molar-refractivity contribution in [2.75, 3.05) is 30.9 Å². The average Bonchev–Trinajstić information content (AvgIpc) is 2.31. The van der Waals surface area contributed by atoms with Gasteiger partial charge in [0.05, 0.1) is 11.9 Å². The van der Waals surface area contributed by atoms with Crippen LogP contribution in [0.2, 0.25) is 0 Å². The zero-order valence-corrected chi connectivity index (χ0v) is 12.0. The van der Waals surface area contributed by atoms with Gasteiger partial charge in [-0.2, -0.15) is 12.7 Å². The summed E-state index contributed by atoms with van der Waals surface area (Å²) in [5.74, 6) is 0. The van der Waals surface area contributed by atoms with Gasteiger partial charge in [0, 0.05) is 32.4 Å². The Hall–Kier alpha value is -0.600. The van der Waals surface area contributed by atoms with E-state index in [1.807, 2.05) is 0 Å². The molecule has 0 aliphatic carbocycles. The molecule has 0 bridgehead atoms. The third-order valence-corrected chi connectivity index (χ3v) is 3.86. The predicted molar refractivity (Wildman–Crippen MR) is 75.7 cm³/mol. The van der Waals surface area contributed by atoms with Gasteiger partial charge in [-0.3, -0.25) is 9.71 Å². The van der Waals surface area contributed by atoms with Crippen molar-refractivity contribution in [1.29, 1.82) is 0 Å². The molecule has 0 saturated carbocycles. The Kier molecular flexibility index (Phi) is 7.49. The van der Waals surface area contributed by atoms with Crippen molar-refractivity contribution in [2.24, 2.45) is 0 Å². The molecule has 2 N–H and O–H groups in total. The molecule has 1 aliphatic heterocycles. The van der Waals surface area contributed by atoms with E-state index in [9.17, 15) is 8.42 Å². The van der Waals surface area contributed by atoms with Crippen LogP contribution in [0, 0.1) is 0 Å². The molecule has 2 heterocycles. The van der Waals surface area contributed by atoms with Crippen molar-refractivity contribution < 1.29 is 8.42 Å². The van der Waals surface area contributed by atoms with Crippen LogP contribution in [-0.4, -0.2) is 43.9 Å². The minimum Gasteiger partial charge on any atom is -0.314 e. The van der Waals surface area contributed by atoms with Crippen LogP contribution in [0.3, 0.4) is 0 Å². The van der Waals surface area contributed by atoms with Crippen LogP contribution in [-0.2, 0) is 10.2 Å². The molecule has 0 amide bonds. The van der Waals surface area contributed by atoms with Crippen LogP contribution in [0.4, 0.5) is 5.69 Å². The molecule has 0 atom stereocenters. The SMILES string of the molecule is Cl.Cl.O=S(=O)(Nc1cccnc1)N1CCNCC1. The van der Waals surface area contributed by atoms with Crippen molar-refractivity contribution in [1.82, 2.24) is 14.6 Å². The lowest BCUT2D eigenvalue weighted by molar-refractivity contribution is 0.362. The normalized spacial score (nSPS) is 16.2. The van der Waals surface area contributed by atoms with E-state index in [1.165, 1.54) is 10.5 Å². The quantitative estimate of drug-likeness (QED) is 0.851. The number of pyridine rings is 1. The number of anilines is 1. The summed E-state index contributed by atoms with van der Waals surface area (Å²) in [4.78, 5) is 3.86. The topological polar surface area (TPSA) is 74.3 Å². The van der Waals surface area contributed by atoms with E-state index in [0.29, 0.717) is 31.9 Å². The summed E-state index contributed by atoms with van der Waals surface area (Å²) in [6, 6.07) is 3.36. The van der Waals surface area contributed by atoms with Crippen LogP contribution in [0.5, 0.6) is 0 Å². The molecule has 2 rings (SSSR count). The smallest absolute Gasteiger partial charge is 0.301 e. The number of piperazine rings is 1. The molecule has 1 fully saturated rings. The highest BCUT2D eigenvalue weighted by Crippen LogP contribution is 2.09. The van der Waals surface area contributed by atoms with E-state index >= 15 is 0 Å². The molecular weight excluding hydrogens is 299 g/mol. The van der Waals surface area contributed by atoms with Crippen LogP contribution in [0.15, 0.2) is 24.5 Å². The standard InChI is InChI=1S/C9H14N4O2S.2ClH/c14-16(15,13-6-4-10-5-7-13)12-9-2-1-3-11-8-9;;/h1-3,8,10,12H,4-7H2;2*1H. The highest BCUT2D eigenvalue weighted by Gasteiger charge is 2.23. The van der Waals surface area contributed by atoms with Crippen molar-refractivity contribution >= 4 is 40.7 Å². The highest BCUT2D eigenvalue weighted by atomic mass is 35.5. The van der Waals surface area contributed by atoms with Gasteiger partial charge < -0.3 is 5.32 Å². The summed E-state index contributed by atoms with van der Waals surface area (Å²) in [5, 5.41) is 3.10. The second kappa shape index (κ2) is 7.75. The van der Waals surface area contributed by atoms with Gasteiger partial charge in [-0.05, 0) is 12.1 Å². The van der Waals surface area contributed by atoms with Crippen LogP contribution in [0.1, 0.15) is 0 Å². The maximum absolute atomic E-state index is 11.9. The lowest BCUT2D eigenvalue weighted by atomic mass is 10.4. The first-order valence-corrected chi connectivity index (χ1v) is 6.51. The maximum Gasteiger partial charge on any atom is 0.301 e. The summed E-state index contributed by atoms with van der Waals surface area (Å²) >= 11 is 0. The number of halogens is 2. The predicted octanol–water partition coefficient (Wildman–Crippen LogP) is 0.487. The highest BCUT2D eigenvalue weighted by molar-refractivity contribution is 7.90. The Balaban J connectivity index is 0.00000144. The Labute approximate surface area is 119 Å². The number of nitrogens with zero attached hydrogens (tertiary/aromatic N) is 2. The number of aromatic nitrogens is 1. The van der Waals surface area contributed by atoms with Crippen LogP contribution in [0.25, 0.3) is 0 Å². The van der Waals surface area contributed by atoms with E-state index < -0.39 is 10.2 Å². The maximum atomic E-state index is 11.9. The lowest BCUT2D eigenvalue weighted by Crippen LogP contribution is -2.48. The monoisotopic (exact) mass is 314 g/mol. The summed E-state index contributed by atoms with van der Waals surface area (Å²) in [6.45, 7) is 2.37. The summed E-state index contributed by atoms with van der Waals surface area (Å²) in [6.07, 6.45) is 3.09. The molecule has 0 aromatic carbocycles. The van der Waals surface area contributed by atoms with Gasteiger partial charge >= 0.3 is 10.2 Å². The summed E-state index contributed by atoms with van der Waals surface area (Å²) in [5.41, 5.74) is 0.487. The molecule has 0 spiro atoms. The van der Waals surface area contributed by atoms with E-state index in [-0.39, 0.29) is 24.8 Å². The molecule has 1 saturated heterocycles. The molecule has 6 nitrogen and oxygen atoms in total. The van der Waals surface area contributed by atoms with Crippen molar-refractivity contribution in [3.63, 3.8) is 0 Å². The molecule has 1 aromatic rings. The van der Waals surface area contributed by atoms with Crippen molar-refractivity contribution in [2.45, 2.75) is 0 Å². The largest absolute Gasteiger partial charge is 0.314 e. The molecule has 104 valence electrons. The minimum absolute atomic E-state index is 0. The molecule has 9 heteroatoms. The third kappa shape index (κ3) is 4.58. The first-order chi connectivity index (χ1) is 7.68. The minimum atomic E-state index is -3.43. The van der Waals surface area contributed by atoms with Gasteiger partial charge in [-0.15, -0.1) is 24.8 Å². The molecule has 1 aliphatic rings. The molecule has 18 heavy (non-hydrogen) atoms. The van der Waals surface area contributed by atoms with Crippen LogP contribution < -0.4 is 10.0 Å². The Bertz CT molecular complexity index is 437. The van der Waals surface area contributed by atoms with Crippen LogP contribution >= 0.6 is 24.8 Å².